The van der Waals surface area contributed by atoms with E-state index in [9.17, 15) is 28.7 Å². The van der Waals surface area contributed by atoms with Crippen LogP contribution in [0.15, 0.2) is 0 Å². The van der Waals surface area contributed by atoms with E-state index in [1.807, 2.05) is 20.8 Å². The van der Waals surface area contributed by atoms with Crippen molar-refractivity contribution >= 4 is 15.2 Å². The molecule has 0 spiro atoms. The van der Waals surface area contributed by atoms with Crippen molar-refractivity contribution in [1.29, 1.82) is 0 Å². The summed E-state index contributed by atoms with van der Waals surface area (Å²) in [7, 11) is -10.2. The summed E-state index contributed by atoms with van der Waals surface area (Å²) in [6.45, 7) is 8.14. The summed E-state index contributed by atoms with van der Waals surface area (Å²) in [5, 5.41) is 0.196. The summed E-state index contributed by atoms with van der Waals surface area (Å²) in [5.41, 5.74) is 0. The van der Waals surface area contributed by atoms with Gasteiger partial charge in [0.05, 0.1) is 0 Å². The molecule has 7 nitrogen and oxygen atoms in total. The zero-order chi connectivity index (χ0) is 20.4. The molecule has 0 fully saturated rings. The van der Waals surface area contributed by atoms with E-state index in [-0.39, 0.29) is 24.8 Å². The van der Waals surface area contributed by atoms with E-state index < -0.39 is 20.2 Å². The fraction of sp³-hybridized carbons (Fsp3) is 1.00. The molecule has 0 aromatic rings. The molecule has 0 aromatic heterocycles. The normalized spacial score (nSPS) is 15.8. The van der Waals surface area contributed by atoms with Crippen LogP contribution in [0.5, 0.6) is 0 Å². The number of hydrogen-bond donors (Lipinski definition) is 5. The Balaban J connectivity index is 5.63. The van der Waals surface area contributed by atoms with Crippen LogP contribution in [0.2, 0.25) is 0 Å². The zero-order valence-corrected chi connectivity index (χ0v) is 18.5. The van der Waals surface area contributed by atoms with Crippen LogP contribution in [0.25, 0.3) is 0 Å². The fourth-order valence-electron chi connectivity index (χ4n) is 3.28. The van der Waals surface area contributed by atoms with Crippen LogP contribution in [0.3, 0.4) is 0 Å². The molecule has 0 radical (unpaired) electrons. The maximum Gasteiger partial charge on any atom is 0.357 e. The molecule has 0 rings (SSSR count). The summed E-state index contributed by atoms with van der Waals surface area (Å²) < 4.78 is 24.6. The Hall–Kier alpha value is 0.260. The van der Waals surface area contributed by atoms with E-state index >= 15 is 0 Å². The Kier molecular flexibility index (Phi) is 12.1. The highest BCUT2D eigenvalue weighted by Crippen LogP contribution is 2.70. The van der Waals surface area contributed by atoms with Crippen molar-refractivity contribution in [3.05, 3.63) is 0 Å². The molecule has 9 heteroatoms. The van der Waals surface area contributed by atoms with Gasteiger partial charge in [0.2, 0.25) is 5.02 Å². The van der Waals surface area contributed by atoms with Crippen LogP contribution >= 0.6 is 15.2 Å². The molecule has 158 valence electrons. The fourth-order valence-corrected chi connectivity index (χ4v) is 6.23. The van der Waals surface area contributed by atoms with Crippen LogP contribution in [0.4, 0.5) is 0 Å². The number of nitrogens with one attached hydrogen (secondary N) is 1. The van der Waals surface area contributed by atoms with E-state index in [4.69, 9.17) is 0 Å². The molecule has 2 atom stereocenters. The summed E-state index contributed by atoms with van der Waals surface area (Å²) in [6.07, 6.45) is 6.54. The van der Waals surface area contributed by atoms with Crippen LogP contribution in [0, 0.1) is 11.8 Å². The van der Waals surface area contributed by atoms with E-state index in [0.29, 0.717) is 12.8 Å². The average Bonchev–Trinajstić information content (AvgIpc) is 2.54. The van der Waals surface area contributed by atoms with E-state index in [1.54, 1.807) is 0 Å². The highest BCUT2D eigenvalue weighted by Gasteiger charge is 2.60. The van der Waals surface area contributed by atoms with Gasteiger partial charge in [-0.2, -0.15) is 0 Å². The second kappa shape index (κ2) is 12.0. The molecule has 0 aliphatic carbocycles. The van der Waals surface area contributed by atoms with Gasteiger partial charge in [0.15, 0.2) is 0 Å². The molecule has 0 aliphatic rings. The maximum atomic E-state index is 12.3. The summed E-state index contributed by atoms with van der Waals surface area (Å²) in [4.78, 5) is 39.8. The Labute approximate surface area is 158 Å². The van der Waals surface area contributed by atoms with Crippen molar-refractivity contribution in [1.82, 2.24) is 5.32 Å². The van der Waals surface area contributed by atoms with Crippen molar-refractivity contribution in [2.45, 2.75) is 90.5 Å². The molecule has 26 heavy (non-hydrogen) atoms. The summed E-state index contributed by atoms with van der Waals surface area (Å²) in [6, 6.07) is 0. The maximum absolute atomic E-state index is 12.3. The van der Waals surface area contributed by atoms with Gasteiger partial charge in [0.1, 0.15) is 0 Å². The molecule has 0 amide bonds. The minimum atomic E-state index is -5.09. The molecule has 0 bridgehead atoms. The van der Waals surface area contributed by atoms with Crippen LogP contribution in [-0.4, -0.2) is 31.1 Å². The second-order valence-electron chi connectivity index (χ2n) is 7.32. The lowest BCUT2D eigenvalue weighted by Gasteiger charge is -2.38. The highest BCUT2D eigenvalue weighted by atomic mass is 31.2. The van der Waals surface area contributed by atoms with E-state index in [1.165, 1.54) is 0 Å². The Bertz CT molecular complexity index is 454. The number of rotatable bonds is 15. The van der Waals surface area contributed by atoms with Gasteiger partial charge in [0.25, 0.3) is 0 Å². The first kappa shape index (κ1) is 26.3. The predicted molar refractivity (Wildman–Crippen MR) is 106 cm³/mol. The third-order valence-corrected chi connectivity index (χ3v) is 9.47. The van der Waals surface area contributed by atoms with Gasteiger partial charge in [-0.3, -0.25) is 14.4 Å². The third-order valence-electron chi connectivity index (χ3n) is 5.30. The van der Waals surface area contributed by atoms with Crippen molar-refractivity contribution in [3.63, 3.8) is 0 Å². The minimum absolute atomic E-state index is 0.128. The monoisotopic (exact) mass is 415 g/mol. The van der Waals surface area contributed by atoms with E-state index in [2.05, 4.69) is 12.2 Å². The van der Waals surface area contributed by atoms with Crippen molar-refractivity contribution in [3.8, 4) is 0 Å². The van der Waals surface area contributed by atoms with Crippen LogP contribution < -0.4 is 5.32 Å². The molecule has 5 N–H and O–H groups in total. The smallest absolute Gasteiger partial charge is 0.323 e. The molecule has 0 saturated heterocycles. The van der Waals surface area contributed by atoms with Gasteiger partial charge in [0, 0.05) is 0 Å². The highest BCUT2D eigenvalue weighted by molar-refractivity contribution is 7.72. The van der Waals surface area contributed by atoms with Gasteiger partial charge in [-0.25, -0.2) is 0 Å². The SMILES string of the molecule is CCCCC(CC)CNC(CC(CC)CCCC)(P(=O)(O)O)P(=O)(O)O. The van der Waals surface area contributed by atoms with Gasteiger partial charge in [-0.05, 0) is 31.2 Å². The quantitative estimate of drug-likeness (QED) is 0.251. The zero-order valence-electron chi connectivity index (χ0n) is 16.7. The lowest BCUT2D eigenvalue weighted by molar-refractivity contribution is 0.245. The first-order valence-electron chi connectivity index (χ1n) is 9.85. The number of unbranched alkanes of at least 4 members (excludes halogenated alkanes) is 2. The first-order chi connectivity index (χ1) is 12.0. The molecule has 0 heterocycles. The number of hydrogen-bond acceptors (Lipinski definition) is 3. The van der Waals surface area contributed by atoms with Crippen LogP contribution in [0.1, 0.15) is 85.5 Å². The molecule has 2 unspecified atom stereocenters. The van der Waals surface area contributed by atoms with E-state index in [0.717, 1.165) is 38.5 Å². The van der Waals surface area contributed by atoms with Crippen molar-refractivity contribution in [2.24, 2.45) is 11.8 Å². The van der Waals surface area contributed by atoms with Gasteiger partial charge in [-0.15, -0.1) is 0 Å². The Morgan fingerprint density at radius 3 is 1.58 bits per heavy atom. The topological polar surface area (TPSA) is 127 Å². The average molecular weight is 415 g/mol. The van der Waals surface area contributed by atoms with Gasteiger partial charge >= 0.3 is 15.2 Å². The van der Waals surface area contributed by atoms with Gasteiger partial charge < -0.3 is 19.6 Å². The van der Waals surface area contributed by atoms with Crippen molar-refractivity contribution < 1.29 is 28.7 Å². The summed E-state index contributed by atoms with van der Waals surface area (Å²) >= 11 is 0. The molecule has 0 saturated carbocycles. The second-order valence-corrected chi connectivity index (χ2v) is 11.4. The Morgan fingerprint density at radius 2 is 1.23 bits per heavy atom. The molecular weight excluding hydrogens is 376 g/mol. The lowest BCUT2D eigenvalue weighted by atomic mass is 9.95. The van der Waals surface area contributed by atoms with Crippen LogP contribution in [-0.2, 0) is 9.13 Å². The minimum Gasteiger partial charge on any atom is -0.323 e. The largest absolute Gasteiger partial charge is 0.357 e. The van der Waals surface area contributed by atoms with Crippen molar-refractivity contribution in [2.75, 3.05) is 6.54 Å². The molecular formula is C17H39NO6P2. The lowest BCUT2D eigenvalue weighted by Crippen LogP contribution is -2.48. The summed E-state index contributed by atoms with van der Waals surface area (Å²) in [5.74, 6) is -0.0263. The van der Waals surface area contributed by atoms with Gasteiger partial charge in [-0.1, -0.05) is 72.6 Å². The first-order valence-corrected chi connectivity index (χ1v) is 13.1. The predicted octanol–water partition coefficient (Wildman–Crippen LogP) is 4.41. The molecule has 0 aliphatic heterocycles. The third kappa shape index (κ3) is 7.71. The Morgan fingerprint density at radius 1 is 0.808 bits per heavy atom. The molecule has 0 aromatic carbocycles. The standard InChI is InChI=1S/C17H39NO6P2/c1-5-9-11-15(7-3)13-17(25(19,20)21,26(22,23)24)18-14-16(8-4)12-10-6-2/h15-16,18H,5-14H2,1-4H3,(H2,19,20,21)(H2,22,23,24).